The summed E-state index contributed by atoms with van der Waals surface area (Å²) in [5.41, 5.74) is 3.51. The lowest BCUT2D eigenvalue weighted by Gasteiger charge is -2.25. The van der Waals surface area contributed by atoms with Gasteiger partial charge >= 0.3 is 0 Å². The quantitative estimate of drug-likeness (QED) is 0.166. The van der Waals surface area contributed by atoms with E-state index in [4.69, 9.17) is 21.1 Å². The van der Waals surface area contributed by atoms with Crippen LogP contribution in [0.1, 0.15) is 35.6 Å². The molecular formula is C34H37ClN2O5S. The summed E-state index contributed by atoms with van der Waals surface area (Å²) in [4.78, 5) is 15.5. The van der Waals surface area contributed by atoms with Gasteiger partial charge in [-0.2, -0.15) is 0 Å². The minimum absolute atomic E-state index is 0.0189. The number of halogens is 1. The predicted molar refractivity (Wildman–Crippen MR) is 170 cm³/mol. The Morgan fingerprint density at radius 3 is 2.26 bits per heavy atom. The van der Waals surface area contributed by atoms with Crippen LogP contribution in [0.3, 0.4) is 0 Å². The molecule has 0 spiro atoms. The molecule has 0 radical (unpaired) electrons. The highest BCUT2D eigenvalue weighted by Gasteiger charge is 2.18. The minimum atomic E-state index is -3.70. The van der Waals surface area contributed by atoms with Crippen molar-refractivity contribution in [3.63, 3.8) is 0 Å². The number of carbonyl (C=O) groups is 1. The number of sulfonamides is 1. The number of nitrogens with one attached hydrogen (secondary N) is 1. The first-order valence-corrected chi connectivity index (χ1v) is 16.1. The molecular weight excluding hydrogens is 584 g/mol. The van der Waals surface area contributed by atoms with Crippen LogP contribution in [0.25, 0.3) is 0 Å². The van der Waals surface area contributed by atoms with Crippen molar-refractivity contribution in [2.45, 2.75) is 44.2 Å². The molecule has 0 aliphatic carbocycles. The Morgan fingerprint density at radius 1 is 0.884 bits per heavy atom. The van der Waals surface area contributed by atoms with E-state index in [1.807, 2.05) is 61.5 Å². The molecule has 0 saturated carbocycles. The lowest BCUT2D eigenvalue weighted by Crippen LogP contribution is -2.34. The number of amides is 1. The van der Waals surface area contributed by atoms with Gasteiger partial charge in [-0.25, -0.2) is 13.1 Å². The third kappa shape index (κ3) is 9.58. The van der Waals surface area contributed by atoms with Gasteiger partial charge in [0.2, 0.25) is 15.9 Å². The summed E-state index contributed by atoms with van der Waals surface area (Å²) >= 11 is 6.32. The topological polar surface area (TPSA) is 84.9 Å². The van der Waals surface area contributed by atoms with E-state index in [0.717, 1.165) is 28.7 Å². The number of carbonyl (C=O) groups excluding carboxylic acids is 1. The second-order valence-corrected chi connectivity index (χ2v) is 12.3. The average Bonchev–Trinajstić information content (AvgIpc) is 3.02. The van der Waals surface area contributed by atoms with Gasteiger partial charge in [-0.05, 0) is 72.0 Å². The zero-order chi connectivity index (χ0) is 30.7. The van der Waals surface area contributed by atoms with Crippen molar-refractivity contribution in [3.8, 4) is 11.5 Å². The fraction of sp³-hybridized carbons (Fsp3) is 0.265. The molecule has 0 fully saturated rings. The van der Waals surface area contributed by atoms with E-state index in [1.54, 1.807) is 54.5 Å². The molecule has 0 atom stereocenters. The van der Waals surface area contributed by atoms with E-state index in [1.165, 1.54) is 0 Å². The average molecular weight is 621 g/mol. The molecule has 4 aromatic rings. The fourth-order valence-electron chi connectivity index (χ4n) is 4.51. The molecule has 4 rings (SSSR count). The first-order valence-electron chi connectivity index (χ1n) is 14.2. The van der Waals surface area contributed by atoms with E-state index in [9.17, 15) is 13.2 Å². The second kappa shape index (κ2) is 15.6. The Kier molecular flexibility index (Phi) is 11.6. The zero-order valence-electron chi connectivity index (χ0n) is 24.5. The highest BCUT2D eigenvalue weighted by atomic mass is 35.5. The summed E-state index contributed by atoms with van der Waals surface area (Å²) in [5, 5.41) is 0.576. The van der Waals surface area contributed by atoms with Gasteiger partial charge < -0.3 is 14.4 Å². The van der Waals surface area contributed by atoms with Crippen LogP contribution in [-0.4, -0.2) is 39.5 Å². The van der Waals surface area contributed by atoms with Crippen LogP contribution in [-0.2, 0) is 40.7 Å². The molecule has 43 heavy (non-hydrogen) atoms. The second-order valence-electron chi connectivity index (χ2n) is 10.1. The number of hydrogen-bond acceptors (Lipinski definition) is 5. The summed E-state index contributed by atoms with van der Waals surface area (Å²) in [6, 6.07) is 29.1. The summed E-state index contributed by atoms with van der Waals surface area (Å²) in [7, 11) is -2.12. The molecule has 0 aliphatic rings. The summed E-state index contributed by atoms with van der Waals surface area (Å²) in [6.07, 6.45) is 1.68. The van der Waals surface area contributed by atoms with Crippen LogP contribution in [0.4, 0.5) is 0 Å². The van der Waals surface area contributed by atoms with Crippen molar-refractivity contribution >= 4 is 27.5 Å². The largest absolute Gasteiger partial charge is 0.497 e. The van der Waals surface area contributed by atoms with Gasteiger partial charge in [0.1, 0.15) is 11.5 Å². The number of rotatable bonds is 15. The van der Waals surface area contributed by atoms with Crippen molar-refractivity contribution in [2.24, 2.45) is 0 Å². The number of benzene rings is 4. The normalized spacial score (nSPS) is 11.2. The highest BCUT2D eigenvalue weighted by Crippen LogP contribution is 2.25. The Morgan fingerprint density at radius 2 is 1.58 bits per heavy atom. The molecule has 0 saturated heterocycles. The molecule has 0 unspecified atom stereocenters. The summed E-state index contributed by atoms with van der Waals surface area (Å²) in [5.74, 6) is 1.40. The molecule has 0 bridgehead atoms. The summed E-state index contributed by atoms with van der Waals surface area (Å²) < 4.78 is 39.5. The Bertz CT molecular complexity index is 1580. The van der Waals surface area contributed by atoms with Gasteiger partial charge in [0.15, 0.2) is 0 Å². The lowest BCUT2D eigenvalue weighted by atomic mass is 10.1. The van der Waals surface area contributed by atoms with E-state index in [-0.39, 0.29) is 23.8 Å². The third-order valence-electron chi connectivity index (χ3n) is 6.93. The maximum atomic E-state index is 13.5. The molecule has 0 heterocycles. The number of ether oxygens (including phenoxy) is 2. The van der Waals surface area contributed by atoms with Crippen molar-refractivity contribution in [1.29, 1.82) is 0 Å². The predicted octanol–water partition coefficient (Wildman–Crippen LogP) is 6.43. The lowest BCUT2D eigenvalue weighted by molar-refractivity contribution is -0.131. The van der Waals surface area contributed by atoms with Crippen LogP contribution in [0.5, 0.6) is 11.5 Å². The molecule has 4 aromatic carbocycles. The Hall–Kier alpha value is -3.85. The summed E-state index contributed by atoms with van der Waals surface area (Å²) in [6.45, 7) is 3.55. The highest BCUT2D eigenvalue weighted by molar-refractivity contribution is 7.89. The molecule has 1 N–H and O–H groups in total. The van der Waals surface area contributed by atoms with Crippen molar-refractivity contribution in [2.75, 3.05) is 20.3 Å². The first-order chi connectivity index (χ1) is 20.8. The van der Waals surface area contributed by atoms with Crippen LogP contribution in [0.15, 0.2) is 102 Å². The molecule has 0 aromatic heterocycles. The Balaban J connectivity index is 1.45. The number of hydrogen-bond donors (Lipinski definition) is 1. The molecule has 0 aliphatic heterocycles. The van der Waals surface area contributed by atoms with Crippen molar-refractivity contribution < 1.29 is 22.7 Å². The van der Waals surface area contributed by atoms with Crippen LogP contribution in [0.2, 0.25) is 5.02 Å². The van der Waals surface area contributed by atoms with Crippen molar-refractivity contribution in [3.05, 3.63) is 124 Å². The van der Waals surface area contributed by atoms with E-state index in [0.29, 0.717) is 42.6 Å². The minimum Gasteiger partial charge on any atom is -0.497 e. The molecule has 9 heteroatoms. The Labute approximate surface area is 259 Å². The van der Waals surface area contributed by atoms with Gasteiger partial charge in [-0.3, -0.25) is 4.79 Å². The monoisotopic (exact) mass is 620 g/mol. The maximum absolute atomic E-state index is 13.5. The van der Waals surface area contributed by atoms with Gasteiger partial charge in [0, 0.05) is 30.2 Å². The van der Waals surface area contributed by atoms with E-state index in [2.05, 4.69) is 4.72 Å². The molecule has 226 valence electrons. The van der Waals surface area contributed by atoms with Gasteiger partial charge in [-0.1, -0.05) is 73.1 Å². The van der Waals surface area contributed by atoms with Gasteiger partial charge in [-0.15, -0.1) is 0 Å². The first kappa shape index (κ1) is 32.1. The molecule has 1 amide bonds. The standard InChI is InChI=1S/C34H37ClN2O5S/c1-3-21-42-33-18-13-30(35)23-29(33)25-37(34(38)22-27-7-5-4-6-8-27)20-19-26-11-16-32(17-12-26)43(39,40)36-24-28-9-14-31(41-2)15-10-28/h4-18,23,36H,3,19-22,24-25H2,1-2H3. The maximum Gasteiger partial charge on any atom is 0.240 e. The molecule has 7 nitrogen and oxygen atoms in total. The van der Waals surface area contributed by atoms with Crippen LogP contribution in [0, 0.1) is 0 Å². The number of nitrogens with zero attached hydrogens (tertiary/aromatic N) is 1. The van der Waals surface area contributed by atoms with Crippen LogP contribution >= 0.6 is 11.6 Å². The zero-order valence-corrected chi connectivity index (χ0v) is 26.0. The van der Waals surface area contributed by atoms with E-state index < -0.39 is 10.0 Å². The van der Waals surface area contributed by atoms with Gasteiger partial charge in [0.05, 0.1) is 25.0 Å². The van der Waals surface area contributed by atoms with Crippen molar-refractivity contribution in [1.82, 2.24) is 9.62 Å². The fourth-order valence-corrected chi connectivity index (χ4v) is 5.72. The van der Waals surface area contributed by atoms with E-state index >= 15 is 0 Å². The third-order valence-corrected chi connectivity index (χ3v) is 8.58. The SMILES string of the molecule is CCCOc1ccc(Cl)cc1CN(CCc1ccc(S(=O)(=O)NCc2ccc(OC)cc2)cc1)C(=O)Cc1ccccc1. The van der Waals surface area contributed by atoms with Crippen LogP contribution < -0.4 is 14.2 Å². The number of methoxy groups -OCH3 is 1. The van der Waals surface area contributed by atoms with Gasteiger partial charge in [0.25, 0.3) is 0 Å². The smallest absolute Gasteiger partial charge is 0.240 e.